The van der Waals surface area contributed by atoms with E-state index < -0.39 is 0 Å². The van der Waals surface area contributed by atoms with Crippen LogP contribution in [0.2, 0.25) is 0 Å². The number of carbonyl (C=O) groups excluding carboxylic acids is 1. The molecule has 1 amide bonds. The summed E-state index contributed by atoms with van der Waals surface area (Å²) in [6.45, 7) is 0.546. The second-order valence-electron chi connectivity index (χ2n) is 4.97. The predicted molar refractivity (Wildman–Crippen MR) is 86.5 cm³/mol. The molecule has 0 unspecified atom stereocenters. The summed E-state index contributed by atoms with van der Waals surface area (Å²) in [5.41, 5.74) is 0.873. The second kappa shape index (κ2) is 7.42. The Bertz CT molecular complexity index is 797. The van der Waals surface area contributed by atoms with Crippen LogP contribution in [-0.2, 0) is 18.2 Å². The van der Waals surface area contributed by atoms with E-state index in [0.29, 0.717) is 18.1 Å². The third-order valence-electron chi connectivity index (χ3n) is 3.13. The van der Waals surface area contributed by atoms with Gasteiger partial charge in [0.2, 0.25) is 0 Å². The van der Waals surface area contributed by atoms with E-state index in [-0.39, 0.29) is 12.6 Å². The maximum atomic E-state index is 12.2. The number of benzene rings is 1. The van der Waals surface area contributed by atoms with Crippen LogP contribution in [0.1, 0.15) is 10.5 Å². The molecule has 3 aromatic rings. The Hall–Kier alpha value is -3.13. The predicted octanol–water partition coefficient (Wildman–Crippen LogP) is 1.97. The SMILES string of the molecule is COCn1cc(NC(=O)c2ccn(COc3ccccc3)n2)cn1. The monoisotopic (exact) mass is 327 g/mol. The maximum Gasteiger partial charge on any atom is 0.276 e. The highest BCUT2D eigenvalue weighted by molar-refractivity contribution is 6.02. The summed E-state index contributed by atoms with van der Waals surface area (Å²) in [6, 6.07) is 11.0. The molecule has 0 aliphatic heterocycles. The molecule has 0 aliphatic rings. The fraction of sp³-hybridized carbons (Fsp3) is 0.188. The van der Waals surface area contributed by atoms with E-state index in [1.54, 1.807) is 41.1 Å². The largest absolute Gasteiger partial charge is 0.471 e. The highest BCUT2D eigenvalue weighted by Gasteiger charge is 2.11. The lowest BCUT2D eigenvalue weighted by molar-refractivity contribution is 0.102. The number of anilines is 1. The Balaban J connectivity index is 1.56. The van der Waals surface area contributed by atoms with Gasteiger partial charge in [-0.1, -0.05) is 18.2 Å². The number of hydrogen-bond donors (Lipinski definition) is 1. The number of rotatable bonds is 7. The van der Waals surface area contributed by atoms with Crippen LogP contribution >= 0.6 is 0 Å². The lowest BCUT2D eigenvalue weighted by Gasteiger charge is -2.05. The summed E-state index contributed by atoms with van der Waals surface area (Å²) >= 11 is 0. The molecule has 24 heavy (non-hydrogen) atoms. The van der Waals surface area contributed by atoms with Crippen molar-refractivity contribution >= 4 is 11.6 Å². The van der Waals surface area contributed by atoms with Crippen molar-refractivity contribution in [1.82, 2.24) is 19.6 Å². The molecule has 3 rings (SSSR count). The molecule has 2 aromatic heterocycles. The van der Waals surface area contributed by atoms with Crippen molar-refractivity contribution in [1.29, 1.82) is 0 Å². The average Bonchev–Trinajstić information content (AvgIpc) is 3.24. The zero-order valence-electron chi connectivity index (χ0n) is 13.1. The first-order valence-electron chi connectivity index (χ1n) is 7.28. The van der Waals surface area contributed by atoms with Gasteiger partial charge in [-0.15, -0.1) is 0 Å². The van der Waals surface area contributed by atoms with E-state index in [9.17, 15) is 4.79 Å². The van der Waals surface area contributed by atoms with E-state index >= 15 is 0 Å². The molecule has 0 atom stereocenters. The highest BCUT2D eigenvalue weighted by Crippen LogP contribution is 2.10. The van der Waals surface area contributed by atoms with Gasteiger partial charge in [0.15, 0.2) is 12.4 Å². The molecule has 8 nitrogen and oxygen atoms in total. The number of para-hydroxylation sites is 1. The molecule has 124 valence electrons. The number of aromatic nitrogens is 4. The van der Waals surface area contributed by atoms with Crippen molar-refractivity contribution in [2.45, 2.75) is 13.5 Å². The van der Waals surface area contributed by atoms with Gasteiger partial charge >= 0.3 is 0 Å². The minimum absolute atomic E-state index is 0.225. The average molecular weight is 327 g/mol. The van der Waals surface area contributed by atoms with Gasteiger partial charge in [-0.25, -0.2) is 9.36 Å². The van der Waals surface area contributed by atoms with Crippen molar-refractivity contribution in [3.8, 4) is 5.75 Å². The number of nitrogens with zero attached hydrogens (tertiary/aromatic N) is 4. The number of hydrogen-bond acceptors (Lipinski definition) is 5. The van der Waals surface area contributed by atoms with Gasteiger partial charge in [0.05, 0.1) is 18.1 Å². The minimum Gasteiger partial charge on any atom is -0.471 e. The van der Waals surface area contributed by atoms with Gasteiger partial charge in [0.1, 0.15) is 12.5 Å². The Labute approximate surface area is 138 Å². The summed E-state index contributed by atoms with van der Waals surface area (Å²) in [5, 5.41) is 11.0. The molecule has 0 spiro atoms. The van der Waals surface area contributed by atoms with Gasteiger partial charge in [-0.3, -0.25) is 4.79 Å². The van der Waals surface area contributed by atoms with Crippen molar-refractivity contribution in [3.05, 3.63) is 60.7 Å². The van der Waals surface area contributed by atoms with Crippen LogP contribution in [-0.4, -0.2) is 32.6 Å². The van der Waals surface area contributed by atoms with Crippen LogP contribution in [0, 0.1) is 0 Å². The van der Waals surface area contributed by atoms with Crippen LogP contribution in [0.25, 0.3) is 0 Å². The van der Waals surface area contributed by atoms with Gasteiger partial charge in [0, 0.05) is 13.3 Å². The van der Waals surface area contributed by atoms with Crippen molar-refractivity contribution in [3.63, 3.8) is 0 Å². The first-order valence-corrected chi connectivity index (χ1v) is 7.28. The second-order valence-corrected chi connectivity index (χ2v) is 4.97. The maximum absolute atomic E-state index is 12.2. The third-order valence-corrected chi connectivity index (χ3v) is 3.13. The summed E-state index contributed by atoms with van der Waals surface area (Å²) < 4.78 is 13.7. The molecular formula is C16H17N5O3. The van der Waals surface area contributed by atoms with Crippen LogP contribution < -0.4 is 10.1 Å². The number of amides is 1. The van der Waals surface area contributed by atoms with E-state index in [0.717, 1.165) is 5.75 Å². The molecule has 1 N–H and O–H groups in total. The van der Waals surface area contributed by atoms with E-state index in [4.69, 9.17) is 9.47 Å². The number of methoxy groups -OCH3 is 1. The van der Waals surface area contributed by atoms with Crippen LogP contribution in [0.5, 0.6) is 5.75 Å². The summed E-state index contributed by atoms with van der Waals surface area (Å²) in [5.74, 6) is 0.426. The third kappa shape index (κ3) is 3.99. The smallest absolute Gasteiger partial charge is 0.276 e. The molecule has 1 aromatic carbocycles. The zero-order chi connectivity index (χ0) is 16.8. The quantitative estimate of drug-likeness (QED) is 0.717. The van der Waals surface area contributed by atoms with Crippen LogP contribution in [0.15, 0.2) is 55.0 Å². The lowest BCUT2D eigenvalue weighted by Crippen LogP contribution is -2.14. The van der Waals surface area contributed by atoms with Crippen LogP contribution in [0.3, 0.4) is 0 Å². The Kier molecular flexibility index (Phi) is 4.87. The van der Waals surface area contributed by atoms with E-state index in [2.05, 4.69) is 15.5 Å². The Morgan fingerprint density at radius 2 is 2.00 bits per heavy atom. The number of carbonyl (C=O) groups is 1. The highest BCUT2D eigenvalue weighted by atomic mass is 16.5. The number of ether oxygens (including phenoxy) is 2. The van der Waals surface area contributed by atoms with Gasteiger partial charge in [-0.2, -0.15) is 10.2 Å². The molecule has 0 fully saturated rings. The molecule has 2 heterocycles. The molecule has 8 heteroatoms. The fourth-order valence-corrected chi connectivity index (χ4v) is 2.04. The number of nitrogens with one attached hydrogen (secondary N) is 1. The van der Waals surface area contributed by atoms with E-state index in [1.807, 2.05) is 30.3 Å². The van der Waals surface area contributed by atoms with Crippen molar-refractivity contribution in [2.24, 2.45) is 0 Å². The lowest BCUT2D eigenvalue weighted by atomic mass is 10.3. The Morgan fingerprint density at radius 1 is 1.17 bits per heavy atom. The normalized spacial score (nSPS) is 10.5. The topological polar surface area (TPSA) is 83.2 Å². The Morgan fingerprint density at radius 3 is 2.79 bits per heavy atom. The summed E-state index contributed by atoms with van der Waals surface area (Å²) in [6.07, 6.45) is 4.91. The molecular weight excluding hydrogens is 310 g/mol. The fourth-order valence-electron chi connectivity index (χ4n) is 2.04. The van der Waals surface area contributed by atoms with Gasteiger partial charge < -0.3 is 14.8 Å². The van der Waals surface area contributed by atoms with Crippen LogP contribution in [0.4, 0.5) is 5.69 Å². The summed E-state index contributed by atoms with van der Waals surface area (Å²) in [4.78, 5) is 12.2. The molecule has 0 aliphatic carbocycles. The molecule has 0 saturated heterocycles. The van der Waals surface area contributed by atoms with Gasteiger partial charge in [0.25, 0.3) is 5.91 Å². The molecule has 0 saturated carbocycles. The van der Waals surface area contributed by atoms with Gasteiger partial charge in [-0.05, 0) is 18.2 Å². The van der Waals surface area contributed by atoms with E-state index in [1.165, 1.54) is 0 Å². The van der Waals surface area contributed by atoms with Crippen molar-refractivity contribution in [2.75, 3.05) is 12.4 Å². The first kappa shape index (κ1) is 15.8. The molecule has 0 bridgehead atoms. The first-order chi connectivity index (χ1) is 11.7. The van der Waals surface area contributed by atoms with Crippen molar-refractivity contribution < 1.29 is 14.3 Å². The standard InChI is InChI=1S/C16H17N5O3/c1-23-11-21-10-13(9-17-21)18-16(22)15-7-8-20(19-15)12-24-14-5-3-2-4-6-14/h2-10H,11-12H2,1H3,(H,18,22). The zero-order valence-corrected chi connectivity index (χ0v) is 13.1. The summed E-state index contributed by atoms with van der Waals surface area (Å²) in [7, 11) is 1.57. The minimum atomic E-state index is -0.314. The molecule has 0 radical (unpaired) electrons.